The van der Waals surface area contributed by atoms with E-state index in [1.807, 2.05) is 17.0 Å². The number of halogens is 3. The van der Waals surface area contributed by atoms with Crippen molar-refractivity contribution < 1.29 is 27.5 Å². The van der Waals surface area contributed by atoms with Crippen LogP contribution in [0.5, 0.6) is 0 Å². The van der Waals surface area contributed by atoms with Crippen molar-refractivity contribution in [1.29, 1.82) is 0 Å². The molecule has 2 aromatic rings. The number of anilines is 2. The lowest BCUT2D eigenvalue weighted by Gasteiger charge is -2.37. The fourth-order valence-corrected chi connectivity index (χ4v) is 5.07. The van der Waals surface area contributed by atoms with Gasteiger partial charge in [-0.25, -0.2) is 4.98 Å². The number of nitro benzene ring substituents is 1. The van der Waals surface area contributed by atoms with E-state index >= 15 is 0 Å². The molecule has 39 heavy (non-hydrogen) atoms. The Hall–Kier alpha value is -3.39. The molecular formula is C25H31BF3N6O4. The van der Waals surface area contributed by atoms with Crippen LogP contribution >= 0.6 is 0 Å². The van der Waals surface area contributed by atoms with Crippen LogP contribution in [0.15, 0.2) is 36.5 Å². The smallest absolute Gasteiger partial charge is 0.422 e. The highest BCUT2D eigenvalue weighted by Crippen LogP contribution is 2.36. The Bertz CT molecular complexity index is 1150. The molecule has 2 N–H and O–H groups in total. The summed E-state index contributed by atoms with van der Waals surface area (Å²) < 4.78 is 43.8. The van der Waals surface area contributed by atoms with Crippen LogP contribution in [0.1, 0.15) is 36.8 Å². The average molecular weight is 547 g/mol. The minimum absolute atomic E-state index is 0.0484. The van der Waals surface area contributed by atoms with Gasteiger partial charge in [0, 0.05) is 51.0 Å². The summed E-state index contributed by atoms with van der Waals surface area (Å²) in [7, 11) is 3.01. The number of hydrogen-bond acceptors (Lipinski definition) is 8. The number of carbonyl (C=O) groups excluding carboxylic acids is 1. The third-order valence-corrected chi connectivity index (χ3v) is 7.18. The molecule has 1 aromatic carbocycles. The number of aromatic nitrogens is 1. The van der Waals surface area contributed by atoms with Gasteiger partial charge in [0.1, 0.15) is 11.5 Å². The Morgan fingerprint density at radius 1 is 1.15 bits per heavy atom. The predicted octanol–water partition coefficient (Wildman–Crippen LogP) is 3.92. The first-order valence-corrected chi connectivity index (χ1v) is 12.8. The molecule has 0 spiro atoms. The standard InChI is InChI=1S/C25H31BF3N6O4/c1-39-26-32-23-14-17(4-9-30-23)16-33-10-5-18(6-11-33)24(36)34-12-7-20(8-13-34)31-21-3-2-19(25(27,28)29)15-22(21)35(37)38/h2-4,9,14-15,18,20,31H,5-8,10-13,16H2,1H3,(H,30,32). The highest BCUT2D eigenvalue weighted by atomic mass is 19.4. The van der Waals surface area contributed by atoms with Crippen LogP contribution in [-0.4, -0.2) is 72.6 Å². The molecule has 14 heteroatoms. The number of amides is 1. The zero-order chi connectivity index (χ0) is 28.0. The first-order valence-electron chi connectivity index (χ1n) is 12.8. The number of piperidine rings is 2. The minimum Gasteiger partial charge on any atom is -0.422 e. The molecule has 1 radical (unpaired) electrons. The number of likely N-dealkylation sites (tertiary alicyclic amines) is 2. The summed E-state index contributed by atoms with van der Waals surface area (Å²) in [4.78, 5) is 32.1. The van der Waals surface area contributed by atoms with Crippen molar-refractivity contribution in [3.05, 3.63) is 57.8 Å². The van der Waals surface area contributed by atoms with E-state index in [4.69, 9.17) is 4.65 Å². The molecule has 209 valence electrons. The largest absolute Gasteiger partial charge is 0.437 e. The molecule has 2 saturated heterocycles. The zero-order valence-electron chi connectivity index (χ0n) is 21.6. The molecule has 0 atom stereocenters. The Kier molecular flexibility index (Phi) is 9.28. The lowest BCUT2D eigenvalue weighted by atomic mass is 9.93. The van der Waals surface area contributed by atoms with Crippen LogP contribution in [0.4, 0.5) is 30.4 Å². The Morgan fingerprint density at radius 3 is 2.51 bits per heavy atom. The quantitative estimate of drug-likeness (QED) is 0.276. The fourth-order valence-electron chi connectivity index (χ4n) is 5.07. The fraction of sp³-hybridized carbons (Fsp3) is 0.520. The first kappa shape index (κ1) is 28.6. The van der Waals surface area contributed by atoms with E-state index in [0.29, 0.717) is 37.8 Å². The maximum Gasteiger partial charge on any atom is 0.437 e. The number of nitrogens with zero attached hydrogens (tertiary/aromatic N) is 4. The molecule has 3 heterocycles. The van der Waals surface area contributed by atoms with Crippen molar-refractivity contribution in [3.63, 3.8) is 0 Å². The Morgan fingerprint density at radius 2 is 1.87 bits per heavy atom. The van der Waals surface area contributed by atoms with Gasteiger partial charge < -0.3 is 20.1 Å². The van der Waals surface area contributed by atoms with Crippen LogP contribution < -0.4 is 10.5 Å². The van der Waals surface area contributed by atoms with Crippen molar-refractivity contribution in [2.24, 2.45) is 5.92 Å². The van der Waals surface area contributed by atoms with E-state index in [-0.39, 0.29) is 23.6 Å². The van der Waals surface area contributed by atoms with Gasteiger partial charge in [-0.05, 0) is 68.6 Å². The lowest BCUT2D eigenvalue weighted by molar-refractivity contribution is -0.384. The van der Waals surface area contributed by atoms with E-state index in [9.17, 15) is 28.1 Å². The van der Waals surface area contributed by atoms with Gasteiger partial charge in [-0.3, -0.25) is 19.8 Å². The van der Waals surface area contributed by atoms with Crippen LogP contribution in [-0.2, 0) is 22.2 Å². The van der Waals surface area contributed by atoms with Crippen LogP contribution in [0.25, 0.3) is 0 Å². The van der Waals surface area contributed by atoms with Gasteiger partial charge in [-0.1, -0.05) is 0 Å². The van der Waals surface area contributed by atoms with E-state index in [1.165, 1.54) is 7.62 Å². The van der Waals surface area contributed by atoms with Gasteiger partial charge in [0.05, 0.1) is 10.5 Å². The number of hydrogen-bond donors (Lipinski definition) is 2. The molecule has 2 aliphatic rings. The zero-order valence-corrected chi connectivity index (χ0v) is 21.6. The number of carbonyl (C=O) groups is 1. The number of rotatable bonds is 9. The Labute approximate surface area is 225 Å². The molecule has 0 unspecified atom stereocenters. The van der Waals surface area contributed by atoms with Crippen molar-refractivity contribution in [2.75, 3.05) is 43.8 Å². The average Bonchev–Trinajstić information content (AvgIpc) is 2.92. The van der Waals surface area contributed by atoms with Crippen LogP contribution in [0.2, 0.25) is 0 Å². The summed E-state index contributed by atoms with van der Waals surface area (Å²) in [6.45, 7) is 3.37. The topological polar surface area (TPSA) is 113 Å². The summed E-state index contributed by atoms with van der Waals surface area (Å²) in [6.07, 6.45) is -0.270. The van der Waals surface area contributed by atoms with Gasteiger partial charge in [0.2, 0.25) is 5.91 Å². The number of nitrogens with one attached hydrogen (secondary N) is 2. The van der Waals surface area contributed by atoms with Crippen molar-refractivity contribution in [1.82, 2.24) is 14.8 Å². The van der Waals surface area contributed by atoms with Gasteiger partial charge in [0.25, 0.3) is 5.69 Å². The molecule has 10 nitrogen and oxygen atoms in total. The van der Waals surface area contributed by atoms with Gasteiger partial charge >= 0.3 is 13.8 Å². The molecule has 0 saturated carbocycles. The van der Waals surface area contributed by atoms with Crippen molar-refractivity contribution >= 4 is 30.7 Å². The highest BCUT2D eigenvalue weighted by molar-refractivity contribution is 6.32. The maximum absolute atomic E-state index is 13.2. The molecule has 1 aromatic heterocycles. The number of alkyl halides is 3. The predicted molar refractivity (Wildman–Crippen MR) is 140 cm³/mol. The lowest BCUT2D eigenvalue weighted by Crippen LogP contribution is -2.47. The third-order valence-electron chi connectivity index (χ3n) is 7.18. The molecule has 2 aliphatic heterocycles. The SMILES string of the molecule is CO[B]Nc1cc(CN2CCC(C(=O)N3CCC(Nc4ccc(C(F)(F)F)cc4[N+](=O)[O-])CC3)CC2)ccn1. The molecule has 0 aliphatic carbocycles. The van der Waals surface area contributed by atoms with Gasteiger partial charge in [-0.2, -0.15) is 13.2 Å². The van der Waals surface area contributed by atoms with E-state index < -0.39 is 22.4 Å². The monoisotopic (exact) mass is 547 g/mol. The normalized spacial score (nSPS) is 17.6. The van der Waals surface area contributed by atoms with E-state index in [2.05, 4.69) is 20.4 Å². The van der Waals surface area contributed by atoms with Crippen LogP contribution in [0.3, 0.4) is 0 Å². The minimum atomic E-state index is -4.66. The third kappa shape index (κ3) is 7.60. The summed E-state index contributed by atoms with van der Waals surface area (Å²) in [5.74, 6) is 0.775. The maximum atomic E-state index is 13.2. The Balaban J connectivity index is 1.24. The van der Waals surface area contributed by atoms with Crippen molar-refractivity contribution in [3.8, 4) is 0 Å². The first-order chi connectivity index (χ1) is 18.6. The highest BCUT2D eigenvalue weighted by Gasteiger charge is 2.34. The van der Waals surface area contributed by atoms with E-state index in [0.717, 1.165) is 50.2 Å². The summed E-state index contributed by atoms with van der Waals surface area (Å²) in [5.41, 5.74) is -0.499. The number of nitro groups is 1. The number of benzene rings is 1. The number of pyridine rings is 1. The molecule has 4 rings (SSSR count). The molecule has 1 amide bonds. The molecule has 0 bridgehead atoms. The molecule has 2 fully saturated rings. The van der Waals surface area contributed by atoms with Gasteiger partial charge in [-0.15, -0.1) is 0 Å². The van der Waals surface area contributed by atoms with Crippen LogP contribution in [0, 0.1) is 16.0 Å². The summed E-state index contributed by atoms with van der Waals surface area (Å²) >= 11 is 0. The summed E-state index contributed by atoms with van der Waals surface area (Å²) in [5, 5.41) is 17.3. The van der Waals surface area contributed by atoms with Crippen molar-refractivity contribution in [2.45, 2.75) is 44.4 Å². The second kappa shape index (κ2) is 12.6. The van der Waals surface area contributed by atoms with Gasteiger partial charge in [0.15, 0.2) is 0 Å². The molecular weight excluding hydrogens is 516 g/mol. The second-order valence-corrected chi connectivity index (χ2v) is 9.83. The second-order valence-electron chi connectivity index (χ2n) is 9.83. The summed E-state index contributed by atoms with van der Waals surface area (Å²) in [6, 6.07) is 6.25. The van der Waals surface area contributed by atoms with E-state index in [1.54, 1.807) is 13.3 Å².